The summed E-state index contributed by atoms with van der Waals surface area (Å²) in [6.45, 7) is 3.81. The smallest absolute Gasteiger partial charge is 0.326 e. The fraction of sp³-hybridized carbons (Fsp3) is 0.429. The fourth-order valence-electron chi connectivity index (χ4n) is 1.66. The summed E-state index contributed by atoms with van der Waals surface area (Å²) >= 11 is 13.1. The number of rotatable bonds is 7. The van der Waals surface area contributed by atoms with Crippen molar-refractivity contribution in [1.29, 1.82) is 0 Å². The topological polar surface area (TPSA) is 66.4 Å². The van der Waals surface area contributed by atoms with Gasteiger partial charge in [0.15, 0.2) is 0 Å². The maximum atomic E-state index is 11.8. The molecule has 0 bridgehead atoms. The van der Waals surface area contributed by atoms with E-state index in [9.17, 15) is 9.59 Å². The Morgan fingerprint density at radius 3 is 2.57 bits per heavy atom. The Kier molecular flexibility index (Phi) is 7.35. The van der Waals surface area contributed by atoms with Gasteiger partial charge in [0.25, 0.3) is 0 Å². The first-order chi connectivity index (χ1) is 9.79. The van der Waals surface area contributed by atoms with Crippen LogP contribution in [0.25, 0.3) is 0 Å². The van der Waals surface area contributed by atoms with E-state index in [1.54, 1.807) is 18.2 Å². The van der Waals surface area contributed by atoms with Gasteiger partial charge in [-0.25, -0.2) is 4.79 Å². The van der Waals surface area contributed by atoms with Crippen LogP contribution in [0.5, 0.6) is 0 Å². The molecule has 0 aliphatic heterocycles. The van der Waals surface area contributed by atoms with Crippen LogP contribution in [-0.4, -0.2) is 28.8 Å². The zero-order valence-corrected chi connectivity index (χ0v) is 14.1. The van der Waals surface area contributed by atoms with Crippen molar-refractivity contribution in [3.05, 3.63) is 28.2 Å². The molecule has 1 atom stereocenters. The van der Waals surface area contributed by atoms with Crippen molar-refractivity contribution in [2.45, 2.75) is 31.2 Å². The van der Waals surface area contributed by atoms with Crippen LogP contribution in [0.3, 0.4) is 0 Å². The molecule has 7 heteroatoms. The molecule has 4 nitrogen and oxygen atoms in total. The Hall–Kier alpha value is -0.910. The van der Waals surface area contributed by atoms with Crippen molar-refractivity contribution >= 4 is 46.8 Å². The largest absolute Gasteiger partial charge is 0.480 e. The minimum atomic E-state index is -1.03. The summed E-state index contributed by atoms with van der Waals surface area (Å²) in [5.41, 5.74) is 0. The van der Waals surface area contributed by atoms with E-state index >= 15 is 0 Å². The second-order valence-corrected chi connectivity index (χ2v) is 6.81. The number of hydrogen-bond donors (Lipinski definition) is 2. The Labute approximate surface area is 138 Å². The number of carboxylic acids is 1. The summed E-state index contributed by atoms with van der Waals surface area (Å²) in [6.07, 6.45) is 0.393. The lowest BCUT2D eigenvalue weighted by Gasteiger charge is -2.16. The Balaban J connectivity index is 2.56. The van der Waals surface area contributed by atoms with Gasteiger partial charge in [-0.15, -0.1) is 11.8 Å². The van der Waals surface area contributed by atoms with Crippen LogP contribution in [0.2, 0.25) is 10.0 Å². The number of hydrogen-bond acceptors (Lipinski definition) is 3. The third kappa shape index (κ3) is 6.59. The van der Waals surface area contributed by atoms with Gasteiger partial charge in [-0.2, -0.15) is 0 Å². The number of carbonyl (C=O) groups is 2. The van der Waals surface area contributed by atoms with Crippen molar-refractivity contribution in [3.63, 3.8) is 0 Å². The highest BCUT2D eigenvalue weighted by molar-refractivity contribution is 8.00. The number of carboxylic acid groups (broad SMARTS) is 1. The summed E-state index contributed by atoms with van der Waals surface area (Å²) < 4.78 is 0. The van der Waals surface area contributed by atoms with Crippen LogP contribution >= 0.6 is 35.0 Å². The molecule has 0 radical (unpaired) electrons. The van der Waals surface area contributed by atoms with E-state index in [4.69, 9.17) is 28.3 Å². The summed E-state index contributed by atoms with van der Waals surface area (Å²) in [7, 11) is 0. The lowest BCUT2D eigenvalue weighted by Crippen LogP contribution is -2.42. The summed E-state index contributed by atoms with van der Waals surface area (Å²) in [5.74, 6) is -1.10. The molecule has 1 unspecified atom stereocenters. The molecule has 116 valence electrons. The maximum absolute atomic E-state index is 11.8. The molecule has 0 fully saturated rings. The number of benzene rings is 1. The number of carbonyl (C=O) groups excluding carboxylic acids is 1. The molecule has 0 saturated heterocycles. The first kappa shape index (κ1) is 18.1. The van der Waals surface area contributed by atoms with E-state index in [-0.39, 0.29) is 17.6 Å². The predicted molar refractivity (Wildman–Crippen MR) is 86.2 cm³/mol. The first-order valence-electron chi connectivity index (χ1n) is 6.39. The number of aliphatic carboxylic acids is 1. The molecule has 21 heavy (non-hydrogen) atoms. The molecular weight excluding hydrogens is 333 g/mol. The van der Waals surface area contributed by atoms with Gasteiger partial charge >= 0.3 is 5.97 Å². The average molecular weight is 350 g/mol. The standard InChI is InChI=1S/C14H17Cl2NO3S/c1-8(2)5-11(14(19)20)17-13(18)7-21-12-6-9(15)3-4-10(12)16/h3-4,6,8,11H,5,7H2,1-2H3,(H,17,18)(H,19,20). The molecule has 1 aromatic carbocycles. The number of halogens is 2. The van der Waals surface area contributed by atoms with Gasteiger partial charge < -0.3 is 10.4 Å². The zero-order valence-electron chi connectivity index (χ0n) is 11.7. The summed E-state index contributed by atoms with van der Waals surface area (Å²) in [4.78, 5) is 23.6. The fourth-order valence-corrected chi connectivity index (χ4v) is 2.96. The molecule has 0 aliphatic carbocycles. The van der Waals surface area contributed by atoms with Gasteiger partial charge in [-0.1, -0.05) is 37.0 Å². The molecule has 0 spiro atoms. The van der Waals surface area contributed by atoms with Gasteiger partial charge in [0.05, 0.1) is 10.8 Å². The third-order valence-corrected chi connectivity index (χ3v) is 4.32. The van der Waals surface area contributed by atoms with E-state index < -0.39 is 12.0 Å². The van der Waals surface area contributed by atoms with Crippen molar-refractivity contribution in [3.8, 4) is 0 Å². The van der Waals surface area contributed by atoms with Crippen molar-refractivity contribution in [2.24, 2.45) is 5.92 Å². The van der Waals surface area contributed by atoms with Crippen LogP contribution in [0.15, 0.2) is 23.1 Å². The minimum Gasteiger partial charge on any atom is -0.480 e. The lowest BCUT2D eigenvalue weighted by molar-refractivity contribution is -0.141. The number of nitrogens with one attached hydrogen (secondary N) is 1. The normalized spacial score (nSPS) is 12.2. The minimum absolute atomic E-state index is 0.0853. The van der Waals surface area contributed by atoms with E-state index in [1.807, 2.05) is 13.8 Å². The SMILES string of the molecule is CC(C)CC(NC(=O)CSc1cc(Cl)ccc1Cl)C(=O)O. The van der Waals surface area contributed by atoms with Gasteiger partial charge in [0.2, 0.25) is 5.91 Å². The highest BCUT2D eigenvalue weighted by atomic mass is 35.5. The Bertz CT molecular complexity index is 523. The molecule has 1 rings (SSSR count). The Morgan fingerprint density at radius 2 is 2.00 bits per heavy atom. The summed E-state index contributed by atoms with van der Waals surface area (Å²) in [5, 5.41) is 12.6. The third-order valence-electron chi connectivity index (χ3n) is 2.59. The van der Waals surface area contributed by atoms with Gasteiger partial charge in [0, 0.05) is 9.92 Å². The predicted octanol–water partition coefficient (Wildman–Crippen LogP) is 3.70. The Morgan fingerprint density at radius 1 is 1.33 bits per heavy atom. The average Bonchev–Trinajstić information content (AvgIpc) is 2.38. The second-order valence-electron chi connectivity index (χ2n) is 4.95. The lowest BCUT2D eigenvalue weighted by atomic mass is 10.0. The first-order valence-corrected chi connectivity index (χ1v) is 8.13. The van der Waals surface area contributed by atoms with E-state index in [0.29, 0.717) is 21.4 Å². The van der Waals surface area contributed by atoms with E-state index in [2.05, 4.69) is 5.32 Å². The monoisotopic (exact) mass is 349 g/mol. The quantitative estimate of drug-likeness (QED) is 0.736. The van der Waals surface area contributed by atoms with E-state index in [1.165, 1.54) is 11.8 Å². The van der Waals surface area contributed by atoms with Gasteiger partial charge in [-0.05, 0) is 30.5 Å². The zero-order chi connectivity index (χ0) is 16.0. The molecule has 1 amide bonds. The highest BCUT2D eigenvalue weighted by Crippen LogP contribution is 2.29. The van der Waals surface area contributed by atoms with E-state index in [0.717, 1.165) is 0 Å². The molecular formula is C14H17Cl2NO3S. The molecule has 0 aliphatic rings. The van der Waals surface area contributed by atoms with Crippen LogP contribution in [0.1, 0.15) is 20.3 Å². The number of thioether (sulfide) groups is 1. The summed E-state index contributed by atoms with van der Waals surface area (Å²) in [6, 6.07) is 4.12. The van der Waals surface area contributed by atoms with Crippen molar-refractivity contribution in [2.75, 3.05) is 5.75 Å². The van der Waals surface area contributed by atoms with Crippen molar-refractivity contribution < 1.29 is 14.7 Å². The molecule has 0 heterocycles. The molecule has 1 aromatic rings. The maximum Gasteiger partial charge on any atom is 0.326 e. The highest BCUT2D eigenvalue weighted by Gasteiger charge is 2.21. The second kappa shape index (κ2) is 8.51. The number of amides is 1. The molecule has 0 aromatic heterocycles. The molecule has 0 saturated carbocycles. The molecule has 2 N–H and O–H groups in total. The van der Waals surface area contributed by atoms with Crippen LogP contribution in [0, 0.1) is 5.92 Å². The van der Waals surface area contributed by atoms with Gasteiger partial charge in [0.1, 0.15) is 6.04 Å². The van der Waals surface area contributed by atoms with Crippen molar-refractivity contribution in [1.82, 2.24) is 5.32 Å². The van der Waals surface area contributed by atoms with Gasteiger partial charge in [-0.3, -0.25) is 4.79 Å². The van der Waals surface area contributed by atoms with Crippen LogP contribution < -0.4 is 5.32 Å². The van der Waals surface area contributed by atoms with Crippen LogP contribution in [-0.2, 0) is 9.59 Å². The van der Waals surface area contributed by atoms with Crippen LogP contribution in [0.4, 0.5) is 0 Å².